The number of nitrogens with zero attached hydrogens (tertiary/aromatic N) is 2. The van der Waals surface area contributed by atoms with Gasteiger partial charge in [0.25, 0.3) is 0 Å². The van der Waals surface area contributed by atoms with Crippen molar-refractivity contribution in [3.63, 3.8) is 0 Å². The summed E-state index contributed by atoms with van der Waals surface area (Å²) in [5.74, 6) is 0.825. The van der Waals surface area contributed by atoms with Crippen molar-refractivity contribution in [2.24, 2.45) is 4.99 Å². The van der Waals surface area contributed by atoms with E-state index in [-0.39, 0.29) is 0 Å². The molecule has 110 valence electrons. The van der Waals surface area contributed by atoms with Crippen LogP contribution in [-0.4, -0.2) is 24.5 Å². The van der Waals surface area contributed by atoms with Crippen LogP contribution >= 0.6 is 0 Å². The van der Waals surface area contributed by atoms with Crippen molar-refractivity contribution in [3.8, 4) is 0 Å². The molecule has 2 aromatic rings. The van der Waals surface area contributed by atoms with E-state index in [1.54, 1.807) is 7.05 Å². The lowest BCUT2D eigenvalue weighted by molar-refractivity contribution is 0.792. The van der Waals surface area contributed by atoms with Gasteiger partial charge in [0.05, 0.1) is 0 Å². The molecule has 0 saturated heterocycles. The first-order valence-corrected chi connectivity index (χ1v) is 7.17. The van der Waals surface area contributed by atoms with Crippen LogP contribution < -0.4 is 10.6 Å². The normalized spacial score (nSPS) is 11.2. The lowest BCUT2D eigenvalue weighted by Gasteiger charge is -2.12. The van der Waals surface area contributed by atoms with Gasteiger partial charge >= 0.3 is 0 Å². The van der Waals surface area contributed by atoms with E-state index in [4.69, 9.17) is 0 Å². The van der Waals surface area contributed by atoms with Crippen LogP contribution in [0.2, 0.25) is 0 Å². The Bertz CT molecular complexity index is 578. The highest BCUT2D eigenvalue weighted by atomic mass is 15.2. The van der Waals surface area contributed by atoms with Crippen molar-refractivity contribution < 1.29 is 0 Å². The highest BCUT2D eigenvalue weighted by Gasteiger charge is 2.00. The Morgan fingerprint density at radius 3 is 2.67 bits per heavy atom. The molecule has 1 aromatic carbocycles. The summed E-state index contributed by atoms with van der Waals surface area (Å²) in [6, 6.07) is 12.4. The number of rotatable bonds is 5. The topological polar surface area (TPSA) is 49.3 Å². The van der Waals surface area contributed by atoms with Crippen molar-refractivity contribution in [2.45, 2.75) is 19.9 Å². The Balaban J connectivity index is 1.77. The second-order valence-corrected chi connectivity index (χ2v) is 4.89. The van der Waals surface area contributed by atoms with Gasteiger partial charge in [0.15, 0.2) is 5.96 Å². The maximum absolute atomic E-state index is 4.24. The number of hydrogen-bond donors (Lipinski definition) is 2. The molecular weight excluding hydrogens is 260 g/mol. The van der Waals surface area contributed by atoms with Crippen LogP contribution in [0.1, 0.15) is 16.7 Å². The van der Waals surface area contributed by atoms with Gasteiger partial charge in [-0.05, 0) is 36.1 Å². The SMILES string of the molecule is CN=C(NCCc1ccncc1C)NCc1ccccc1. The first-order chi connectivity index (χ1) is 10.3. The molecule has 1 aromatic heterocycles. The number of nitrogens with one attached hydrogen (secondary N) is 2. The van der Waals surface area contributed by atoms with E-state index in [0.29, 0.717) is 0 Å². The molecule has 0 unspecified atom stereocenters. The minimum atomic E-state index is 0.773. The molecule has 0 bridgehead atoms. The van der Waals surface area contributed by atoms with E-state index >= 15 is 0 Å². The highest BCUT2D eigenvalue weighted by molar-refractivity contribution is 5.79. The predicted octanol–water partition coefficient (Wildman–Crippen LogP) is 2.30. The molecule has 0 fully saturated rings. The predicted molar refractivity (Wildman–Crippen MR) is 87.3 cm³/mol. The lowest BCUT2D eigenvalue weighted by Crippen LogP contribution is -2.37. The molecule has 0 aliphatic rings. The summed E-state index contributed by atoms with van der Waals surface area (Å²) < 4.78 is 0. The fourth-order valence-electron chi connectivity index (χ4n) is 2.10. The quantitative estimate of drug-likeness (QED) is 0.653. The number of benzene rings is 1. The van der Waals surface area contributed by atoms with Crippen LogP contribution in [0.5, 0.6) is 0 Å². The Morgan fingerprint density at radius 2 is 1.95 bits per heavy atom. The number of aromatic nitrogens is 1. The third kappa shape index (κ3) is 4.91. The number of guanidine groups is 1. The fraction of sp³-hybridized carbons (Fsp3) is 0.294. The molecule has 1 heterocycles. The minimum Gasteiger partial charge on any atom is -0.356 e. The van der Waals surface area contributed by atoms with E-state index in [1.165, 1.54) is 16.7 Å². The third-order valence-electron chi connectivity index (χ3n) is 3.35. The smallest absolute Gasteiger partial charge is 0.191 e. The van der Waals surface area contributed by atoms with Gasteiger partial charge in [0, 0.05) is 32.5 Å². The molecule has 0 atom stereocenters. The van der Waals surface area contributed by atoms with E-state index < -0.39 is 0 Å². The first-order valence-electron chi connectivity index (χ1n) is 7.17. The van der Waals surface area contributed by atoms with E-state index in [2.05, 4.69) is 45.7 Å². The summed E-state index contributed by atoms with van der Waals surface area (Å²) in [7, 11) is 1.79. The molecule has 2 rings (SSSR count). The highest BCUT2D eigenvalue weighted by Crippen LogP contribution is 2.04. The molecule has 21 heavy (non-hydrogen) atoms. The second-order valence-electron chi connectivity index (χ2n) is 4.89. The number of aryl methyl sites for hydroxylation is 1. The van der Waals surface area contributed by atoms with E-state index in [0.717, 1.165) is 25.5 Å². The average molecular weight is 282 g/mol. The fourth-order valence-corrected chi connectivity index (χ4v) is 2.10. The Kier molecular flexibility index (Phi) is 5.76. The number of hydrogen-bond acceptors (Lipinski definition) is 2. The van der Waals surface area contributed by atoms with Crippen LogP contribution in [0, 0.1) is 6.92 Å². The van der Waals surface area contributed by atoms with E-state index in [1.807, 2.05) is 30.6 Å². The zero-order valence-electron chi connectivity index (χ0n) is 12.6. The summed E-state index contributed by atoms with van der Waals surface area (Å²) in [5.41, 5.74) is 3.79. The molecule has 0 amide bonds. The number of pyridine rings is 1. The van der Waals surface area contributed by atoms with Crippen LogP contribution in [-0.2, 0) is 13.0 Å². The Hall–Kier alpha value is -2.36. The summed E-state index contributed by atoms with van der Waals surface area (Å²) in [6.07, 6.45) is 4.70. The zero-order valence-corrected chi connectivity index (χ0v) is 12.6. The van der Waals surface area contributed by atoms with Gasteiger partial charge in [-0.15, -0.1) is 0 Å². The van der Waals surface area contributed by atoms with Crippen LogP contribution in [0.4, 0.5) is 0 Å². The zero-order chi connectivity index (χ0) is 14.9. The van der Waals surface area contributed by atoms with Crippen LogP contribution in [0.15, 0.2) is 53.8 Å². The molecule has 0 aliphatic carbocycles. The van der Waals surface area contributed by atoms with Crippen molar-refractivity contribution >= 4 is 5.96 Å². The van der Waals surface area contributed by atoms with E-state index in [9.17, 15) is 0 Å². The summed E-state index contributed by atoms with van der Waals surface area (Å²) in [5, 5.41) is 6.65. The monoisotopic (exact) mass is 282 g/mol. The number of aliphatic imine (C=N–C) groups is 1. The third-order valence-corrected chi connectivity index (χ3v) is 3.35. The maximum Gasteiger partial charge on any atom is 0.191 e. The largest absolute Gasteiger partial charge is 0.356 e. The average Bonchev–Trinajstić information content (AvgIpc) is 2.53. The first kappa shape index (κ1) is 15.0. The summed E-state index contributed by atoms with van der Waals surface area (Å²) in [6.45, 7) is 3.71. The van der Waals surface area contributed by atoms with Gasteiger partial charge in [-0.25, -0.2) is 0 Å². The molecule has 0 radical (unpaired) electrons. The van der Waals surface area contributed by atoms with Crippen LogP contribution in [0.25, 0.3) is 0 Å². The lowest BCUT2D eigenvalue weighted by atomic mass is 10.1. The van der Waals surface area contributed by atoms with Crippen molar-refractivity contribution in [1.82, 2.24) is 15.6 Å². The summed E-state index contributed by atoms with van der Waals surface area (Å²) >= 11 is 0. The molecule has 0 spiro atoms. The van der Waals surface area contributed by atoms with Gasteiger partial charge in [0.1, 0.15) is 0 Å². The second kappa shape index (κ2) is 8.04. The van der Waals surface area contributed by atoms with Gasteiger partial charge in [0.2, 0.25) is 0 Å². The molecule has 2 N–H and O–H groups in total. The minimum absolute atomic E-state index is 0.773. The van der Waals surface area contributed by atoms with Gasteiger partial charge < -0.3 is 10.6 Å². The van der Waals surface area contributed by atoms with Gasteiger partial charge in [-0.2, -0.15) is 0 Å². The summed E-state index contributed by atoms with van der Waals surface area (Å²) in [4.78, 5) is 8.35. The molecule has 0 aliphatic heterocycles. The van der Waals surface area contributed by atoms with Crippen molar-refractivity contribution in [2.75, 3.05) is 13.6 Å². The van der Waals surface area contributed by atoms with Crippen molar-refractivity contribution in [3.05, 3.63) is 65.5 Å². The molecule has 4 heteroatoms. The van der Waals surface area contributed by atoms with Gasteiger partial charge in [-0.1, -0.05) is 30.3 Å². The standard InChI is InChI=1S/C17H22N4/c1-14-12-19-10-8-16(14)9-11-20-17(18-2)21-13-15-6-4-3-5-7-15/h3-8,10,12H,9,11,13H2,1-2H3,(H2,18,20,21). The molecular formula is C17H22N4. The van der Waals surface area contributed by atoms with Gasteiger partial charge in [-0.3, -0.25) is 9.98 Å². The molecule has 0 saturated carbocycles. The van der Waals surface area contributed by atoms with Crippen LogP contribution in [0.3, 0.4) is 0 Å². The van der Waals surface area contributed by atoms with Crippen molar-refractivity contribution in [1.29, 1.82) is 0 Å². The molecule has 4 nitrogen and oxygen atoms in total. The Morgan fingerprint density at radius 1 is 1.14 bits per heavy atom. The maximum atomic E-state index is 4.24. The Labute approximate surface area is 126 Å².